The number of Topliss-reactive ketones (excluding diaryl/α,β-unsaturated/α-hetero) is 1. The lowest BCUT2D eigenvalue weighted by atomic mass is 9.48. The predicted molar refractivity (Wildman–Crippen MR) is 132 cm³/mol. The molecular weight excluding hydrogens is 508 g/mol. The van der Waals surface area contributed by atoms with Gasteiger partial charge in [-0.3, -0.25) is 14.4 Å². The van der Waals surface area contributed by atoms with E-state index in [0.29, 0.717) is 37.9 Å². The topological polar surface area (TPSA) is 157 Å². The summed E-state index contributed by atoms with van der Waals surface area (Å²) < 4.78 is 17.7. The van der Waals surface area contributed by atoms with Crippen molar-refractivity contribution >= 4 is 23.7 Å². The van der Waals surface area contributed by atoms with Crippen LogP contribution in [0.1, 0.15) is 66.2 Å². The summed E-state index contributed by atoms with van der Waals surface area (Å²) in [6, 6.07) is 0. The van der Waals surface area contributed by atoms with E-state index in [4.69, 9.17) is 14.2 Å². The van der Waals surface area contributed by atoms with Crippen LogP contribution in [0.3, 0.4) is 0 Å². The molecule has 0 aromatic carbocycles. The molecule has 214 valence electrons. The Morgan fingerprint density at radius 3 is 2.31 bits per heavy atom. The number of allylic oxidation sites excluding steroid dienone is 1. The molecule has 10 heteroatoms. The van der Waals surface area contributed by atoms with E-state index in [9.17, 15) is 34.5 Å². The zero-order valence-corrected chi connectivity index (χ0v) is 22.8. The van der Waals surface area contributed by atoms with Crippen molar-refractivity contribution in [3.05, 3.63) is 11.8 Å². The molecule has 6 rings (SSSR count). The quantitative estimate of drug-likeness (QED) is 0.342. The highest BCUT2D eigenvalue weighted by Crippen LogP contribution is 2.70. The average Bonchev–Trinajstić information content (AvgIpc) is 3.29. The largest absolute Gasteiger partial charge is 0.459 e. The lowest BCUT2D eigenvalue weighted by molar-refractivity contribution is -0.242. The molecule has 6 aliphatic rings. The molecule has 0 aromatic heterocycles. The molecule has 1 heterocycles. The van der Waals surface area contributed by atoms with Gasteiger partial charge in [0, 0.05) is 43.9 Å². The average molecular weight is 547 g/mol. The first-order valence-electron chi connectivity index (χ1n) is 14.2. The molecular formula is C29H38O10. The van der Waals surface area contributed by atoms with Crippen LogP contribution in [0.4, 0.5) is 0 Å². The Morgan fingerprint density at radius 2 is 1.64 bits per heavy atom. The van der Waals surface area contributed by atoms with Gasteiger partial charge in [-0.1, -0.05) is 6.92 Å². The summed E-state index contributed by atoms with van der Waals surface area (Å²) in [5.74, 6) is -4.93. The number of aliphatic hydroxyl groups is 3. The molecule has 10 nitrogen and oxygen atoms in total. The van der Waals surface area contributed by atoms with Crippen LogP contribution in [-0.2, 0) is 33.4 Å². The van der Waals surface area contributed by atoms with Crippen molar-refractivity contribution in [2.45, 2.75) is 95.7 Å². The second kappa shape index (κ2) is 8.60. The third-order valence-corrected chi connectivity index (χ3v) is 11.4. The van der Waals surface area contributed by atoms with Crippen molar-refractivity contribution in [3.63, 3.8) is 0 Å². The summed E-state index contributed by atoms with van der Waals surface area (Å²) in [4.78, 5) is 51.4. The molecule has 0 radical (unpaired) electrons. The van der Waals surface area contributed by atoms with E-state index in [1.165, 1.54) is 13.8 Å². The first kappa shape index (κ1) is 26.9. The van der Waals surface area contributed by atoms with Gasteiger partial charge in [0.2, 0.25) is 0 Å². The van der Waals surface area contributed by atoms with E-state index < -0.39 is 82.3 Å². The van der Waals surface area contributed by atoms with E-state index >= 15 is 0 Å². The lowest BCUT2D eigenvalue weighted by Crippen LogP contribution is -2.70. The fourth-order valence-corrected chi connectivity index (χ4v) is 10.3. The van der Waals surface area contributed by atoms with Gasteiger partial charge in [0.05, 0.1) is 17.4 Å². The monoisotopic (exact) mass is 546 g/mol. The number of carbonyl (C=O) groups excluding carboxylic acids is 4. The van der Waals surface area contributed by atoms with Crippen LogP contribution < -0.4 is 0 Å². The van der Waals surface area contributed by atoms with Crippen LogP contribution >= 0.6 is 0 Å². The fourth-order valence-electron chi connectivity index (χ4n) is 10.3. The molecule has 5 fully saturated rings. The minimum Gasteiger partial charge on any atom is -0.459 e. The minimum absolute atomic E-state index is 0.109. The van der Waals surface area contributed by atoms with Crippen LogP contribution in [-0.4, -0.2) is 68.5 Å². The van der Waals surface area contributed by atoms with Crippen LogP contribution in [0.15, 0.2) is 11.8 Å². The van der Waals surface area contributed by atoms with E-state index in [1.807, 2.05) is 13.0 Å². The molecule has 0 spiro atoms. The molecule has 4 saturated carbocycles. The smallest absolute Gasteiger partial charge is 0.341 e. The van der Waals surface area contributed by atoms with Crippen LogP contribution in [0.5, 0.6) is 0 Å². The highest BCUT2D eigenvalue weighted by Gasteiger charge is 2.75. The summed E-state index contributed by atoms with van der Waals surface area (Å²) in [7, 11) is 0. The fraction of sp³-hybridized carbons (Fsp3) is 0.793. The van der Waals surface area contributed by atoms with Crippen molar-refractivity contribution in [1.82, 2.24) is 0 Å². The number of rotatable bonds is 2. The Kier molecular flexibility index (Phi) is 5.93. The zero-order chi connectivity index (χ0) is 28.2. The number of ether oxygens (including phenoxy) is 3. The van der Waals surface area contributed by atoms with E-state index in [0.717, 1.165) is 0 Å². The second-order valence-electron chi connectivity index (χ2n) is 13.1. The Balaban J connectivity index is 1.50. The normalized spacial score (nSPS) is 51.8. The molecule has 0 bridgehead atoms. The number of esters is 3. The van der Waals surface area contributed by atoms with Gasteiger partial charge in [-0.2, -0.15) is 0 Å². The summed E-state index contributed by atoms with van der Waals surface area (Å²) in [5.41, 5.74) is -3.37. The minimum atomic E-state index is -1.39. The highest BCUT2D eigenvalue weighted by atomic mass is 16.6. The van der Waals surface area contributed by atoms with Gasteiger partial charge in [0.15, 0.2) is 11.9 Å². The molecule has 11 unspecified atom stereocenters. The Morgan fingerprint density at radius 1 is 0.974 bits per heavy atom. The third-order valence-electron chi connectivity index (χ3n) is 11.4. The lowest BCUT2D eigenvalue weighted by Gasteiger charge is -2.61. The van der Waals surface area contributed by atoms with E-state index in [-0.39, 0.29) is 24.2 Å². The van der Waals surface area contributed by atoms with E-state index in [2.05, 4.69) is 0 Å². The third kappa shape index (κ3) is 3.37. The van der Waals surface area contributed by atoms with Gasteiger partial charge < -0.3 is 29.5 Å². The number of hydrogen-bond donors (Lipinski definition) is 3. The zero-order valence-electron chi connectivity index (χ0n) is 22.8. The highest BCUT2D eigenvalue weighted by molar-refractivity contribution is 5.89. The maximum atomic E-state index is 13.8. The van der Waals surface area contributed by atoms with Crippen LogP contribution in [0.25, 0.3) is 0 Å². The van der Waals surface area contributed by atoms with Gasteiger partial charge in [0.25, 0.3) is 0 Å². The maximum absolute atomic E-state index is 13.8. The van der Waals surface area contributed by atoms with Gasteiger partial charge in [-0.25, -0.2) is 4.79 Å². The summed E-state index contributed by atoms with van der Waals surface area (Å²) >= 11 is 0. The molecule has 1 saturated heterocycles. The van der Waals surface area contributed by atoms with Gasteiger partial charge in [0.1, 0.15) is 23.1 Å². The van der Waals surface area contributed by atoms with Crippen LogP contribution in [0, 0.1) is 46.8 Å². The standard InChI is InChI=1S/C29H38O10/c1-12-9-20-27(4,25(35)26(36)37-20)19-10-18-21-16(7-8-28(18,22(12)19)38-13(2)30)29(39-14(3)31)11-15(32)5-6-17(29)23(33)24(21)34/h9,12,15-19,21-22,24-25,32,34-35H,5-8,10-11H2,1-4H3/t12-,15+,16?,17?,18?,19?,21?,22?,24?,25?,27?,28?,29?/m1/s1. The second-order valence-corrected chi connectivity index (χ2v) is 13.1. The molecule has 0 aromatic rings. The molecule has 3 N–H and O–H groups in total. The molecule has 39 heavy (non-hydrogen) atoms. The molecule has 1 aliphatic heterocycles. The van der Waals surface area contributed by atoms with E-state index in [1.54, 1.807) is 6.92 Å². The van der Waals surface area contributed by atoms with Gasteiger partial charge >= 0.3 is 17.9 Å². The molecule has 13 atom stereocenters. The van der Waals surface area contributed by atoms with Crippen molar-refractivity contribution in [3.8, 4) is 0 Å². The summed E-state index contributed by atoms with van der Waals surface area (Å²) in [6.45, 7) is 6.40. The maximum Gasteiger partial charge on any atom is 0.341 e. The molecule has 0 amide bonds. The number of carbonyl (C=O) groups is 4. The van der Waals surface area contributed by atoms with Gasteiger partial charge in [-0.15, -0.1) is 0 Å². The Hall–Kier alpha value is -2.30. The summed E-state index contributed by atoms with van der Waals surface area (Å²) in [6.07, 6.45) is 0.327. The number of ketones is 1. The van der Waals surface area contributed by atoms with Crippen molar-refractivity contribution in [2.24, 2.45) is 46.8 Å². The number of hydrogen-bond acceptors (Lipinski definition) is 10. The summed E-state index contributed by atoms with van der Waals surface area (Å²) in [5, 5.41) is 33.4. The van der Waals surface area contributed by atoms with Crippen LogP contribution in [0.2, 0.25) is 0 Å². The van der Waals surface area contributed by atoms with Crippen molar-refractivity contribution < 1.29 is 48.7 Å². The Bertz CT molecular complexity index is 1160. The SMILES string of the molecule is CC(=O)OC12C[C@@H](O)CCC1C(=O)C(O)C1C2CCC2(OC(C)=O)C1CC1C2[C@H](C)C=C2OC(=O)C(O)C21C. The van der Waals surface area contributed by atoms with Crippen molar-refractivity contribution in [1.29, 1.82) is 0 Å². The number of aliphatic hydroxyl groups excluding tert-OH is 3. The Labute approximate surface area is 227 Å². The molecule has 5 aliphatic carbocycles. The first-order valence-corrected chi connectivity index (χ1v) is 14.2. The van der Waals surface area contributed by atoms with Gasteiger partial charge in [-0.05, 0) is 56.9 Å². The number of fused-ring (bicyclic) bond motifs is 9. The van der Waals surface area contributed by atoms with Crippen molar-refractivity contribution in [2.75, 3.05) is 0 Å². The first-order chi connectivity index (χ1) is 18.3. The predicted octanol–water partition coefficient (Wildman–Crippen LogP) is 1.43.